The van der Waals surface area contributed by atoms with Gasteiger partial charge in [0.05, 0.1) is 6.10 Å². The summed E-state index contributed by atoms with van der Waals surface area (Å²) in [7, 11) is 0. The molecule has 2 atom stereocenters. The number of aliphatic hydroxyl groups is 1. The molecule has 0 saturated carbocycles. The molecule has 1 aliphatic rings. The van der Waals surface area contributed by atoms with Crippen molar-refractivity contribution in [3.05, 3.63) is 29.8 Å². The van der Waals surface area contributed by atoms with Crippen molar-refractivity contribution in [3.8, 4) is 5.75 Å². The number of nitrogens with zero attached hydrogens (tertiary/aromatic N) is 1. The van der Waals surface area contributed by atoms with Crippen LogP contribution in [0.1, 0.15) is 25.8 Å². The lowest BCUT2D eigenvalue weighted by atomic mass is 9.97. The Kier molecular flexibility index (Phi) is 5.01. The van der Waals surface area contributed by atoms with Gasteiger partial charge in [0.15, 0.2) is 6.61 Å². The van der Waals surface area contributed by atoms with Gasteiger partial charge >= 0.3 is 0 Å². The van der Waals surface area contributed by atoms with Crippen LogP contribution in [-0.4, -0.2) is 41.7 Å². The number of carbonyl (C=O) groups excluding carboxylic acids is 1. The molecule has 0 bridgehead atoms. The number of ether oxygens (including phenoxy) is 1. The summed E-state index contributed by atoms with van der Waals surface area (Å²) in [5, 5.41) is 9.67. The zero-order valence-corrected chi connectivity index (χ0v) is 12.2. The molecule has 1 aromatic carbocycles. The van der Waals surface area contributed by atoms with Gasteiger partial charge in [0.2, 0.25) is 0 Å². The van der Waals surface area contributed by atoms with Crippen molar-refractivity contribution in [2.75, 3.05) is 19.7 Å². The van der Waals surface area contributed by atoms with E-state index >= 15 is 0 Å². The third kappa shape index (κ3) is 3.73. The molecule has 0 aromatic heterocycles. The topological polar surface area (TPSA) is 49.8 Å². The van der Waals surface area contributed by atoms with E-state index in [0.29, 0.717) is 19.5 Å². The van der Waals surface area contributed by atoms with Crippen molar-refractivity contribution in [1.82, 2.24) is 4.90 Å². The van der Waals surface area contributed by atoms with Gasteiger partial charge in [-0.2, -0.15) is 0 Å². The van der Waals surface area contributed by atoms with Crippen molar-refractivity contribution in [3.63, 3.8) is 0 Å². The van der Waals surface area contributed by atoms with Crippen LogP contribution in [0.2, 0.25) is 0 Å². The highest BCUT2D eigenvalue weighted by Gasteiger charge is 2.27. The number of piperidine rings is 1. The van der Waals surface area contributed by atoms with Gasteiger partial charge in [-0.1, -0.05) is 26.0 Å². The van der Waals surface area contributed by atoms with Crippen LogP contribution < -0.4 is 4.74 Å². The minimum atomic E-state index is -0.291. The molecule has 110 valence electrons. The Morgan fingerprint density at radius 2 is 2.30 bits per heavy atom. The van der Waals surface area contributed by atoms with Crippen LogP contribution in [-0.2, 0) is 11.2 Å². The first kappa shape index (κ1) is 14.9. The summed E-state index contributed by atoms with van der Waals surface area (Å²) in [6.07, 6.45) is 1.31. The fraction of sp³-hybridized carbons (Fsp3) is 0.562. The molecule has 1 fully saturated rings. The largest absolute Gasteiger partial charge is 0.484 e. The second-order valence-corrected chi connectivity index (χ2v) is 5.46. The maximum Gasteiger partial charge on any atom is 0.260 e. The van der Waals surface area contributed by atoms with Crippen molar-refractivity contribution < 1.29 is 14.6 Å². The van der Waals surface area contributed by atoms with E-state index in [9.17, 15) is 9.90 Å². The third-order valence-electron chi connectivity index (χ3n) is 3.88. The molecule has 0 spiro atoms. The first-order valence-electron chi connectivity index (χ1n) is 7.27. The van der Waals surface area contributed by atoms with E-state index < -0.39 is 0 Å². The number of rotatable bonds is 4. The molecule has 2 unspecified atom stereocenters. The van der Waals surface area contributed by atoms with Gasteiger partial charge in [-0.3, -0.25) is 4.79 Å². The molecule has 1 N–H and O–H groups in total. The summed E-state index contributed by atoms with van der Waals surface area (Å²) in [4.78, 5) is 13.9. The van der Waals surface area contributed by atoms with Crippen LogP contribution >= 0.6 is 0 Å². The van der Waals surface area contributed by atoms with Crippen molar-refractivity contribution in [2.24, 2.45) is 5.92 Å². The second-order valence-electron chi connectivity index (χ2n) is 5.46. The smallest absolute Gasteiger partial charge is 0.260 e. The van der Waals surface area contributed by atoms with E-state index in [1.807, 2.05) is 31.2 Å². The number of benzene rings is 1. The fourth-order valence-electron chi connectivity index (χ4n) is 2.45. The Morgan fingerprint density at radius 1 is 1.50 bits per heavy atom. The fourth-order valence-corrected chi connectivity index (χ4v) is 2.45. The highest BCUT2D eigenvalue weighted by molar-refractivity contribution is 5.77. The minimum Gasteiger partial charge on any atom is -0.484 e. The molecule has 20 heavy (non-hydrogen) atoms. The SMILES string of the molecule is CCc1cccc(OCC(=O)N2CCC(O)C(C)C2)c1. The number of aryl methyl sites for hydroxylation is 1. The molecule has 2 rings (SSSR count). The van der Waals surface area contributed by atoms with Crippen LogP contribution in [0.3, 0.4) is 0 Å². The first-order chi connectivity index (χ1) is 9.60. The van der Waals surface area contributed by atoms with E-state index in [1.54, 1.807) is 4.90 Å². The highest BCUT2D eigenvalue weighted by Crippen LogP contribution is 2.17. The van der Waals surface area contributed by atoms with Gasteiger partial charge in [0.1, 0.15) is 5.75 Å². The predicted octanol–water partition coefficient (Wildman–Crippen LogP) is 1.86. The van der Waals surface area contributed by atoms with Crippen molar-refractivity contribution >= 4 is 5.91 Å². The number of carbonyl (C=O) groups is 1. The van der Waals surface area contributed by atoms with Crippen LogP contribution in [0.5, 0.6) is 5.75 Å². The molecule has 4 heteroatoms. The molecule has 1 saturated heterocycles. The maximum absolute atomic E-state index is 12.1. The van der Waals surface area contributed by atoms with Gasteiger partial charge in [0.25, 0.3) is 5.91 Å². The molecule has 1 aromatic rings. The number of amides is 1. The number of hydrogen-bond acceptors (Lipinski definition) is 3. The average Bonchev–Trinajstić information content (AvgIpc) is 2.47. The van der Waals surface area contributed by atoms with Gasteiger partial charge < -0.3 is 14.7 Å². The lowest BCUT2D eigenvalue weighted by Gasteiger charge is -2.34. The summed E-state index contributed by atoms with van der Waals surface area (Å²) < 4.78 is 5.57. The molecule has 1 aliphatic heterocycles. The monoisotopic (exact) mass is 277 g/mol. The lowest BCUT2D eigenvalue weighted by Crippen LogP contribution is -2.46. The summed E-state index contributed by atoms with van der Waals surface area (Å²) in [6.45, 7) is 5.34. The van der Waals surface area contributed by atoms with Crippen LogP contribution in [0, 0.1) is 5.92 Å². The van der Waals surface area contributed by atoms with Gasteiger partial charge in [0, 0.05) is 13.1 Å². The van der Waals surface area contributed by atoms with E-state index in [1.165, 1.54) is 5.56 Å². The predicted molar refractivity (Wildman–Crippen MR) is 77.7 cm³/mol. The van der Waals surface area contributed by atoms with E-state index in [4.69, 9.17) is 4.74 Å². The maximum atomic E-state index is 12.1. The van der Waals surface area contributed by atoms with Gasteiger partial charge in [-0.05, 0) is 36.5 Å². The molecular formula is C16H23NO3. The zero-order valence-electron chi connectivity index (χ0n) is 12.2. The van der Waals surface area contributed by atoms with Gasteiger partial charge in [-0.25, -0.2) is 0 Å². The van der Waals surface area contributed by atoms with Gasteiger partial charge in [-0.15, -0.1) is 0 Å². The normalized spacial score (nSPS) is 22.6. The van der Waals surface area contributed by atoms with Crippen molar-refractivity contribution in [2.45, 2.75) is 32.8 Å². The summed E-state index contributed by atoms with van der Waals surface area (Å²) in [6, 6.07) is 7.82. The average molecular weight is 277 g/mol. The second kappa shape index (κ2) is 6.75. The third-order valence-corrected chi connectivity index (χ3v) is 3.88. The van der Waals surface area contributed by atoms with Crippen molar-refractivity contribution in [1.29, 1.82) is 0 Å². The standard InChI is InChI=1S/C16H23NO3/c1-3-13-5-4-6-14(9-13)20-11-16(19)17-8-7-15(18)12(2)10-17/h4-6,9,12,15,18H,3,7-8,10-11H2,1-2H3. The quantitative estimate of drug-likeness (QED) is 0.914. The first-order valence-corrected chi connectivity index (χ1v) is 7.27. The highest BCUT2D eigenvalue weighted by atomic mass is 16.5. The Morgan fingerprint density at radius 3 is 3.00 bits per heavy atom. The summed E-state index contributed by atoms with van der Waals surface area (Å²) >= 11 is 0. The number of likely N-dealkylation sites (tertiary alicyclic amines) is 1. The molecule has 0 aliphatic carbocycles. The molecule has 0 radical (unpaired) electrons. The Labute approximate surface area is 120 Å². The Hall–Kier alpha value is -1.55. The molecule has 4 nitrogen and oxygen atoms in total. The molecular weight excluding hydrogens is 254 g/mol. The minimum absolute atomic E-state index is 0.00866. The zero-order chi connectivity index (χ0) is 14.5. The molecule has 1 amide bonds. The lowest BCUT2D eigenvalue weighted by molar-refractivity contribution is -0.136. The Balaban J connectivity index is 1.85. The van der Waals surface area contributed by atoms with E-state index in [2.05, 4.69) is 6.92 Å². The van der Waals surface area contributed by atoms with Crippen LogP contribution in [0.15, 0.2) is 24.3 Å². The van der Waals surface area contributed by atoms with Crippen LogP contribution in [0.25, 0.3) is 0 Å². The number of hydrogen-bond donors (Lipinski definition) is 1. The Bertz CT molecular complexity index is 461. The molecule has 1 heterocycles. The summed E-state index contributed by atoms with van der Waals surface area (Å²) in [5.74, 6) is 0.865. The summed E-state index contributed by atoms with van der Waals surface area (Å²) in [5.41, 5.74) is 1.20. The van der Waals surface area contributed by atoms with E-state index in [-0.39, 0.29) is 24.5 Å². The van der Waals surface area contributed by atoms with E-state index in [0.717, 1.165) is 12.2 Å². The van der Waals surface area contributed by atoms with Crippen LogP contribution in [0.4, 0.5) is 0 Å². The number of aliphatic hydroxyl groups excluding tert-OH is 1.